The Balaban J connectivity index is 1.09. The fourth-order valence-electron chi connectivity index (χ4n) is 5.33. The van der Waals surface area contributed by atoms with Crippen LogP contribution >= 0.6 is 11.6 Å². The normalized spacial score (nSPS) is 14.1. The monoisotopic (exact) mass is 595 g/mol. The highest BCUT2D eigenvalue weighted by atomic mass is 35.5. The Morgan fingerprint density at radius 3 is 2.40 bits per heavy atom. The lowest BCUT2D eigenvalue weighted by Crippen LogP contribution is -2.33. The summed E-state index contributed by atoms with van der Waals surface area (Å²) in [7, 11) is 0. The van der Waals surface area contributed by atoms with Gasteiger partial charge in [-0.05, 0) is 110 Å². The topological polar surface area (TPSA) is 63.2 Å². The third-order valence-electron chi connectivity index (χ3n) is 7.63. The van der Waals surface area contributed by atoms with Gasteiger partial charge in [0.1, 0.15) is 6.61 Å². The minimum absolute atomic E-state index is 0.254. The van der Waals surface area contributed by atoms with Crippen LogP contribution in [-0.4, -0.2) is 36.7 Å². The van der Waals surface area contributed by atoms with E-state index >= 15 is 0 Å². The van der Waals surface area contributed by atoms with Gasteiger partial charge in [0.2, 0.25) is 0 Å². The quantitative estimate of drug-likeness (QED) is 0.136. The first kappa shape index (κ1) is 30.3. The van der Waals surface area contributed by atoms with E-state index < -0.39 is 0 Å². The molecule has 1 saturated heterocycles. The summed E-state index contributed by atoms with van der Waals surface area (Å²) >= 11 is 6.08. The maximum absolute atomic E-state index is 12.7. The number of rotatable bonds is 12. The smallest absolute Gasteiger partial charge is 0.271 e. The van der Waals surface area contributed by atoms with Crippen molar-refractivity contribution < 1.29 is 14.3 Å². The molecule has 7 heteroatoms. The largest absolute Gasteiger partial charge is 0.490 e. The maximum Gasteiger partial charge on any atom is 0.271 e. The summed E-state index contributed by atoms with van der Waals surface area (Å²) in [6.45, 7) is 5.90. The molecular formula is C36H38ClN3O3. The average Bonchev–Trinajstić information content (AvgIpc) is 3.03. The third kappa shape index (κ3) is 9.18. The van der Waals surface area contributed by atoms with E-state index in [1.54, 1.807) is 6.21 Å². The zero-order valence-corrected chi connectivity index (χ0v) is 25.3. The highest BCUT2D eigenvalue weighted by molar-refractivity contribution is 6.30. The molecule has 4 aromatic rings. The van der Waals surface area contributed by atoms with Crippen molar-refractivity contribution in [1.82, 2.24) is 10.3 Å². The number of amides is 1. The van der Waals surface area contributed by atoms with Crippen LogP contribution < -0.4 is 14.9 Å². The Bertz CT molecular complexity index is 1500. The van der Waals surface area contributed by atoms with E-state index in [0.717, 1.165) is 36.7 Å². The Labute approximate surface area is 259 Å². The van der Waals surface area contributed by atoms with Crippen molar-refractivity contribution in [3.8, 4) is 11.5 Å². The molecule has 1 heterocycles. The molecular weight excluding hydrogens is 558 g/mol. The van der Waals surface area contributed by atoms with Gasteiger partial charge in [0.25, 0.3) is 5.91 Å². The lowest BCUT2D eigenvalue weighted by Gasteiger charge is -2.32. The number of carbonyl (C=O) groups is 1. The summed E-state index contributed by atoms with van der Waals surface area (Å²) in [6, 6.07) is 31.7. The van der Waals surface area contributed by atoms with Crippen molar-refractivity contribution >= 4 is 23.7 Å². The zero-order chi connectivity index (χ0) is 29.9. The van der Waals surface area contributed by atoms with Crippen LogP contribution in [0.25, 0.3) is 0 Å². The number of likely N-dealkylation sites (tertiary alicyclic amines) is 1. The number of hydrazone groups is 1. The highest BCUT2D eigenvalue weighted by Crippen LogP contribution is 2.29. The van der Waals surface area contributed by atoms with Crippen LogP contribution in [0.3, 0.4) is 0 Å². The number of hydrogen-bond acceptors (Lipinski definition) is 5. The second-order valence-corrected chi connectivity index (χ2v) is 11.3. The van der Waals surface area contributed by atoms with Crippen LogP contribution in [0.15, 0.2) is 102 Å². The standard InChI is InChI=1S/C36H38ClN3O3/c1-2-42-35-23-30(13-16-34(35)43-26-31-9-6-10-33(37)22-31)24-38-39-36(41)32-14-11-29(12-15-32)25-40-19-17-28(18-20-40)21-27-7-4-3-5-8-27/h3-16,22-24,28H,2,17-21,25-26H2,1H3,(H,39,41)/b38-24-. The second kappa shape index (κ2) is 15.4. The average molecular weight is 596 g/mol. The Hall–Kier alpha value is -4.13. The first-order chi connectivity index (χ1) is 21.1. The van der Waals surface area contributed by atoms with Gasteiger partial charge in [-0.3, -0.25) is 9.69 Å². The second-order valence-electron chi connectivity index (χ2n) is 10.9. The van der Waals surface area contributed by atoms with Gasteiger partial charge >= 0.3 is 0 Å². The molecule has 0 atom stereocenters. The molecule has 0 aromatic heterocycles. The molecule has 0 aliphatic carbocycles. The van der Waals surface area contributed by atoms with Crippen LogP contribution in [0.5, 0.6) is 11.5 Å². The van der Waals surface area contributed by atoms with Gasteiger partial charge in [0.15, 0.2) is 11.5 Å². The Morgan fingerprint density at radius 2 is 1.65 bits per heavy atom. The fraction of sp³-hybridized carbons (Fsp3) is 0.278. The molecule has 0 unspecified atom stereocenters. The zero-order valence-electron chi connectivity index (χ0n) is 24.5. The first-order valence-corrected chi connectivity index (χ1v) is 15.3. The van der Waals surface area contributed by atoms with Gasteiger partial charge < -0.3 is 9.47 Å². The van der Waals surface area contributed by atoms with E-state index in [9.17, 15) is 4.79 Å². The molecule has 5 rings (SSSR count). The predicted molar refractivity (Wildman–Crippen MR) is 173 cm³/mol. The minimum Gasteiger partial charge on any atom is -0.490 e. The summed E-state index contributed by atoms with van der Waals surface area (Å²) in [5.41, 5.74) is 7.59. The summed E-state index contributed by atoms with van der Waals surface area (Å²) in [4.78, 5) is 15.2. The van der Waals surface area contributed by atoms with Gasteiger partial charge in [0.05, 0.1) is 12.8 Å². The number of benzene rings is 4. The van der Waals surface area contributed by atoms with Crippen LogP contribution in [0.2, 0.25) is 5.02 Å². The molecule has 0 spiro atoms. The molecule has 4 aromatic carbocycles. The maximum atomic E-state index is 12.7. The molecule has 1 aliphatic heterocycles. The predicted octanol–water partition coefficient (Wildman–Crippen LogP) is 7.54. The van der Waals surface area contributed by atoms with Crippen molar-refractivity contribution in [2.45, 2.75) is 39.3 Å². The molecule has 0 saturated carbocycles. The van der Waals surface area contributed by atoms with Crippen molar-refractivity contribution in [3.63, 3.8) is 0 Å². The summed E-state index contributed by atoms with van der Waals surface area (Å²) in [5.74, 6) is 1.73. The first-order valence-electron chi connectivity index (χ1n) is 14.9. The van der Waals surface area contributed by atoms with Crippen LogP contribution in [0.1, 0.15) is 52.4 Å². The van der Waals surface area contributed by atoms with Crippen LogP contribution in [0, 0.1) is 5.92 Å². The number of ether oxygens (including phenoxy) is 2. The van der Waals surface area contributed by atoms with Crippen LogP contribution in [-0.2, 0) is 19.6 Å². The molecule has 1 aliphatic rings. The number of nitrogens with one attached hydrogen (secondary N) is 1. The lowest BCUT2D eigenvalue weighted by molar-refractivity contribution is 0.0955. The Kier molecular flexibility index (Phi) is 10.8. The molecule has 0 radical (unpaired) electrons. The molecule has 0 bridgehead atoms. The Morgan fingerprint density at radius 1 is 0.884 bits per heavy atom. The van der Waals surface area contributed by atoms with Crippen molar-refractivity contribution in [2.75, 3.05) is 19.7 Å². The van der Waals surface area contributed by atoms with E-state index in [4.69, 9.17) is 21.1 Å². The number of piperidine rings is 1. The van der Waals surface area contributed by atoms with E-state index in [-0.39, 0.29) is 5.91 Å². The summed E-state index contributed by atoms with van der Waals surface area (Å²) in [5, 5.41) is 4.83. The number of carbonyl (C=O) groups excluding carboxylic acids is 1. The van der Waals surface area contributed by atoms with Gasteiger partial charge in [-0.25, -0.2) is 5.43 Å². The number of halogens is 1. The highest BCUT2D eigenvalue weighted by Gasteiger charge is 2.19. The van der Waals surface area contributed by atoms with E-state index in [0.29, 0.717) is 35.3 Å². The van der Waals surface area contributed by atoms with Crippen molar-refractivity contribution in [1.29, 1.82) is 0 Å². The number of hydrogen-bond donors (Lipinski definition) is 1. The third-order valence-corrected chi connectivity index (χ3v) is 7.86. The van der Waals surface area contributed by atoms with Gasteiger partial charge in [-0.2, -0.15) is 5.10 Å². The van der Waals surface area contributed by atoms with Gasteiger partial charge in [-0.1, -0.05) is 66.2 Å². The number of nitrogens with zero attached hydrogens (tertiary/aromatic N) is 2. The summed E-state index contributed by atoms with van der Waals surface area (Å²) < 4.78 is 11.7. The van der Waals surface area contributed by atoms with Gasteiger partial charge in [-0.15, -0.1) is 0 Å². The van der Waals surface area contributed by atoms with E-state index in [1.165, 1.54) is 30.4 Å². The lowest BCUT2D eigenvalue weighted by atomic mass is 9.90. The molecule has 222 valence electrons. The van der Waals surface area contributed by atoms with Gasteiger partial charge in [0, 0.05) is 17.1 Å². The van der Waals surface area contributed by atoms with Crippen molar-refractivity contribution in [2.24, 2.45) is 11.0 Å². The molecule has 1 fully saturated rings. The molecule has 43 heavy (non-hydrogen) atoms. The van der Waals surface area contributed by atoms with E-state index in [1.807, 2.05) is 73.7 Å². The minimum atomic E-state index is -0.254. The molecule has 1 N–H and O–H groups in total. The molecule has 1 amide bonds. The van der Waals surface area contributed by atoms with Crippen molar-refractivity contribution in [3.05, 3.63) is 130 Å². The van der Waals surface area contributed by atoms with E-state index in [2.05, 4.69) is 45.8 Å². The molecule has 6 nitrogen and oxygen atoms in total. The van der Waals surface area contributed by atoms with Crippen LogP contribution in [0.4, 0.5) is 0 Å². The fourth-order valence-corrected chi connectivity index (χ4v) is 5.54. The SMILES string of the molecule is CCOc1cc(/C=N\NC(=O)c2ccc(CN3CCC(Cc4ccccc4)CC3)cc2)ccc1OCc1cccc(Cl)c1. The summed E-state index contributed by atoms with van der Waals surface area (Å²) in [6.07, 6.45) is 5.20.